The standard InChI is InChI=1S/C44H69N7O8/c1-10-29(4)40(49(7)38(53)27-47-42(54)39(28(2)3)48(6)24-22-31-18-20-33(45)21-19-31)36(58-8)26-37(52)50-23-14-17-34(50)41(59-9)30(5)43(55)51(46)35(44(56)57)25-32-15-12-11-13-16-32/h11-13,15-16,18-21,28-30,34-36,39-41H,10,14,17,22-27,45-46H2,1-9H3,(H,47,54)(H,56,57)/t29-,30+,34-,35-,36+,39-,40-,41+/m0/s1. The van der Waals surface area contributed by atoms with Gasteiger partial charge >= 0.3 is 5.97 Å². The Kier molecular flexibility index (Phi) is 19.3. The molecule has 3 rings (SSSR count). The van der Waals surface area contributed by atoms with Gasteiger partial charge in [0.2, 0.25) is 23.6 Å². The van der Waals surface area contributed by atoms with Crippen molar-refractivity contribution in [2.45, 2.75) is 110 Å². The topological polar surface area (TPSA) is 201 Å². The largest absolute Gasteiger partial charge is 0.480 e. The summed E-state index contributed by atoms with van der Waals surface area (Å²) in [4.78, 5) is 72.8. The number of hydrogen-bond donors (Lipinski definition) is 4. The molecule has 0 aliphatic carbocycles. The van der Waals surface area contributed by atoms with Crippen molar-refractivity contribution in [1.29, 1.82) is 0 Å². The lowest BCUT2D eigenvalue weighted by molar-refractivity contribution is -0.156. The number of rotatable bonds is 23. The fraction of sp³-hybridized carbons (Fsp3) is 0.614. The van der Waals surface area contributed by atoms with Crippen LogP contribution in [0.4, 0.5) is 5.69 Å². The number of nitrogens with one attached hydrogen (secondary N) is 1. The normalized spacial score (nSPS) is 17.8. The molecule has 1 fully saturated rings. The van der Waals surface area contributed by atoms with E-state index in [1.807, 2.05) is 70.0 Å². The van der Waals surface area contributed by atoms with Gasteiger partial charge in [-0.2, -0.15) is 0 Å². The molecule has 0 bridgehead atoms. The number of hydrogen-bond acceptors (Lipinski definition) is 10. The van der Waals surface area contributed by atoms with Crippen molar-refractivity contribution in [3.8, 4) is 0 Å². The van der Waals surface area contributed by atoms with Crippen molar-refractivity contribution < 1.29 is 38.6 Å². The predicted octanol–water partition coefficient (Wildman–Crippen LogP) is 3.20. The van der Waals surface area contributed by atoms with E-state index < -0.39 is 54.2 Å². The number of methoxy groups -OCH3 is 2. The molecule has 0 radical (unpaired) electrons. The van der Waals surface area contributed by atoms with Crippen molar-refractivity contribution in [3.05, 3.63) is 65.7 Å². The number of amides is 4. The van der Waals surface area contributed by atoms with Gasteiger partial charge in [0, 0.05) is 46.5 Å². The maximum absolute atomic E-state index is 14.2. The lowest BCUT2D eigenvalue weighted by Gasteiger charge is -2.39. The number of nitrogen functional groups attached to an aromatic ring is 1. The zero-order valence-electron chi connectivity index (χ0n) is 36.5. The number of likely N-dealkylation sites (N-methyl/N-ethyl adjacent to an activating group) is 2. The van der Waals surface area contributed by atoms with Crippen LogP contribution in [-0.4, -0.2) is 139 Å². The first-order valence-electron chi connectivity index (χ1n) is 20.7. The zero-order valence-corrected chi connectivity index (χ0v) is 36.5. The van der Waals surface area contributed by atoms with Crippen LogP contribution in [0.5, 0.6) is 0 Å². The van der Waals surface area contributed by atoms with Crippen LogP contribution in [-0.2, 0) is 46.3 Å². The Morgan fingerprint density at radius 1 is 0.949 bits per heavy atom. The minimum Gasteiger partial charge on any atom is -0.480 e. The molecule has 4 amide bonds. The van der Waals surface area contributed by atoms with Gasteiger partial charge in [-0.1, -0.05) is 83.5 Å². The summed E-state index contributed by atoms with van der Waals surface area (Å²) < 4.78 is 11.8. The van der Waals surface area contributed by atoms with E-state index in [4.69, 9.17) is 21.1 Å². The molecule has 1 aliphatic rings. The highest BCUT2D eigenvalue weighted by atomic mass is 16.5. The minimum absolute atomic E-state index is 0.0141. The van der Waals surface area contributed by atoms with Crippen LogP contribution >= 0.6 is 0 Å². The number of benzene rings is 2. The van der Waals surface area contributed by atoms with Crippen molar-refractivity contribution in [3.63, 3.8) is 0 Å². The van der Waals surface area contributed by atoms with E-state index in [9.17, 15) is 29.1 Å². The SMILES string of the molecule is CC[C@H](C)[C@@H]([C@@H](CC(=O)N1CCC[C@H]1[C@H](OC)[C@@H](C)C(=O)N(N)[C@@H](Cc1ccccc1)C(=O)O)OC)N(C)C(=O)CNC(=O)[C@H](C(C)C)N(C)CCc1ccc(N)cc1. The van der Waals surface area contributed by atoms with Gasteiger partial charge in [-0.25, -0.2) is 10.6 Å². The number of likely N-dealkylation sites (tertiary alicyclic amines) is 1. The van der Waals surface area contributed by atoms with Crippen LogP contribution in [0.2, 0.25) is 0 Å². The number of carbonyl (C=O) groups excluding carboxylic acids is 4. The number of aliphatic carboxylic acids is 1. The van der Waals surface area contributed by atoms with E-state index in [2.05, 4.69) is 5.32 Å². The molecule has 15 heteroatoms. The van der Waals surface area contributed by atoms with Gasteiger partial charge < -0.3 is 35.4 Å². The summed E-state index contributed by atoms with van der Waals surface area (Å²) in [7, 11) is 6.56. The number of anilines is 1. The summed E-state index contributed by atoms with van der Waals surface area (Å²) in [5, 5.41) is 13.6. The van der Waals surface area contributed by atoms with Crippen molar-refractivity contribution in [2.75, 3.05) is 53.7 Å². The second kappa shape index (κ2) is 23.3. The molecule has 328 valence electrons. The van der Waals surface area contributed by atoms with Crippen LogP contribution < -0.4 is 16.9 Å². The van der Waals surface area contributed by atoms with E-state index in [0.717, 1.165) is 22.6 Å². The molecule has 2 aromatic carbocycles. The average Bonchev–Trinajstić information content (AvgIpc) is 3.70. The summed E-state index contributed by atoms with van der Waals surface area (Å²) in [6.07, 6.45) is 1.21. The third kappa shape index (κ3) is 13.2. The van der Waals surface area contributed by atoms with E-state index in [1.54, 1.807) is 48.0 Å². The Hall–Kier alpha value is -4.57. The summed E-state index contributed by atoms with van der Waals surface area (Å²) in [6, 6.07) is 13.9. The first-order valence-corrected chi connectivity index (χ1v) is 20.7. The molecule has 8 atom stereocenters. The van der Waals surface area contributed by atoms with Crippen molar-refractivity contribution in [2.24, 2.45) is 23.6 Å². The average molecular weight is 824 g/mol. The van der Waals surface area contributed by atoms with Gasteiger partial charge in [0.15, 0.2) is 0 Å². The number of nitrogens with zero attached hydrogens (tertiary/aromatic N) is 4. The fourth-order valence-electron chi connectivity index (χ4n) is 8.38. The molecular formula is C44H69N7O8. The van der Waals surface area contributed by atoms with Gasteiger partial charge in [0.05, 0.1) is 49.2 Å². The van der Waals surface area contributed by atoms with Gasteiger partial charge in [-0.3, -0.25) is 29.1 Å². The van der Waals surface area contributed by atoms with Crippen LogP contribution in [0, 0.1) is 17.8 Å². The van der Waals surface area contributed by atoms with Crippen molar-refractivity contribution >= 4 is 35.3 Å². The molecule has 0 spiro atoms. The third-order valence-corrected chi connectivity index (χ3v) is 11.9. The first-order chi connectivity index (χ1) is 28.0. The Morgan fingerprint density at radius 2 is 1.59 bits per heavy atom. The van der Waals surface area contributed by atoms with Gasteiger partial charge in [0.25, 0.3) is 0 Å². The third-order valence-electron chi connectivity index (χ3n) is 11.9. The van der Waals surface area contributed by atoms with Crippen LogP contribution in [0.3, 0.4) is 0 Å². The summed E-state index contributed by atoms with van der Waals surface area (Å²) in [5.41, 5.74) is 8.35. The molecule has 1 heterocycles. The predicted molar refractivity (Wildman–Crippen MR) is 228 cm³/mol. The monoisotopic (exact) mass is 824 g/mol. The number of ether oxygens (including phenoxy) is 2. The number of carbonyl (C=O) groups is 5. The zero-order chi connectivity index (χ0) is 44.0. The lowest BCUT2D eigenvalue weighted by Crippen LogP contribution is -2.57. The van der Waals surface area contributed by atoms with Gasteiger partial charge in [-0.15, -0.1) is 0 Å². The second-order valence-corrected chi connectivity index (χ2v) is 16.3. The number of carboxylic acid groups (broad SMARTS) is 1. The Morgan fingerprint density at radius 3 is 2.15 bits per heavy atom. The molecule has 6 N–H and O–H groups in total. The van der Waals surface area contributed by atoms with E-state index in [-0.39, 0.29) is 48.9 Å². The lowest BCUT2D eigenvalue weighted by atomic mass is 9.90. The molecule has 59 heavy (non-hydrogen) atoms. The quantitative estimate of drug-likeness (QED) is 0.0555. The molecule has 0 saturated carbocycles. The molecule has 15 nitrogen and oxygen atoms in total. The summed E-state index contributed by atoms with van der Waals surface area (Å²) in [6.45, 7) is 10.4. The smallest absolute Gasteiger partial charge is 0.328 e. The Bertz CT molecular complexity index is 1660. The van der Waals surface area contributed by atoms with E-state index in [1.165, 1.54) is 14.2 Å². The minimum atomic E-state index is -1.30. The van der Waals surface area contributed by atoms with Crippen LogP contribution in [0.1, 0.15) is 71.4 Å². The molecule has 1 aliphatic heterocycles. The van der Waals surface area contributed by atoms with E-state index in [0.29, 0.717) is 38.0 Å². The van der Waals surface area contributed by atoms with Gasteiger partial charge in [-0.05, 0) is 61.4 Å². The second-order valence-electron chi connectivity index (χ2n) is 16.3. The molecule has 2 aromatic rings. The Balaban J connectivity index is 1.69. The highest BCUT2D eigenvalue weighted by Crippen LogP contribution is 2.30. The van der Waals surface area contributed by atoms with Crippen molar-refractivity contribution in [1.82, 2.24) is 25.0 Å². The number of nitrogens with two attached hydrogens (primary N) is 2. The number of hydrazine groups is 1. The summed E-state index contributed by atoms with van der Waals surface area (Å²) in [5.74, 6) is 2.65. The molecule has 0 aromatic heterocycles. The van der Waals surface area contributed by atoms with E-state index >= 15 is 0 Å². The Labute approximate surface area is 350 Å². The maximum Gasteiger partial charge on any atom is 0.328 e. The van der Waals surface area contributed by atoms with Crippen LogP contribution in [0.25, 0.3) is 0 Å². The molecular weight excluding hydrogens is 755 g/mol. The first kappa shape index (κ1) is 48.8. The maximum atomic E-state index is 14.2. The summed E-state index contributed by atoms with van der Waals surface area (Å²) >= 11 is 0. The molecule has 1 saturated heterocycles. The highest BCUT2D eigenvalue weighted by Gasteiger charge is 2.44. The fourth-order valence-corrected chi connectivity index (χ4v) is 8.38. The van der Waals surface area contributed by atoms with Crippen LogP contribution in [0.15, 0.2) is 54.6 Å². The molecule has 0 unspecified atom stereocenters. The number of carboxylic acids is 1. The highest BCUT2D eigenvalue weighted by molar-refractivity contribution is 5.88. The van der Waals surface area contributed by atoms with Gasteiger partial charge in [0.1, 0.15) is 6.04 Å².